The highest BCUT2D eigenvalue weighted by molar-refractivity contribution is 5.90. The van der Waals surface area contributed by atoms with Crippen LogP contribution in [0, 0.1) is 0 Å². The second kappa shape index (κ2) is 4.81. The first-order valence-corrected chi connectivity index (χ1v) is 4.79. The van der Waals surface area contributed by atoms with Crippen molar-refractivity contribution in [1.29, 1.82) is 0 Å². The molecule has 0 aliphatic carbocycles. The highest BCUT2D eigenvalue weighted by atomic mass is 19.4. The van der Waals surface area contributed by atoms with E-state index in [1.165, 1.54) is 0 Å². The lowest BCUT2D eigenvalue weighted by atomic mass is 9.94. The third-order valence-corrected chi connectivity index (χ3v) is 2.31. The van der Waals surface area contributed by atoms with Crippen molar-refractivity contribution in [3.63, 3.8) is 0 Å². The van der Waals surface area contributed by atoms with Gasteiger partial charge in [-0.1, -0.05) is 0 Å². The molecule has 118 valence electrons. The van der Waals surface area contributed by atoms with Crippen LogP contribution in [0.3, 0.4) is 0 Å². The Hall–Kier alpha value is -1.94. The van der Waals surface area contributed by atoms with Crippen molar-refractivity contribution in [1.82, 2.24) is 0 Å². The molecule has 1 rings (SSSR count). The monoisotopic (exact) mass is 326 g/mol. The van der Waals surface area contributed by atoms with Gasteiger partial charge in [0.2, 0.25) is 0 Å². The molecule has 2 nitrogen and oxygen atoms in total. The molecular formula is C10H3F9O2. The van der Waals surface area contributed by atoms with Crippen molar-refractivity contribution in [3.05, 3.63) is 34.4 Å². The summed E-state index contributed by atoms with van der Waals surface area (Å²) in [4.78, 5) is 10.6. The number of halogens is 9. The van der Waals surface area contributed by atoms with Gasteiger partial charge in [-0.05, 0) is 12.1 Å². The van der Waals surface area contributed by atoms with E-state index in [2.05, 4.69) is 0 Å². The van der Waals surface area contributed by atoms with E-state index in [1.54, 1.807) is 0 Å². The van der Waals surface area contributed by atoms with Gasteiger partial charge in [-0.25, -0.2) is 4.79 Å². The van der Waals surface area contributed by atoms with E-state index >= 15 is 0 Å². The number of carboxylic acid groups (broad SMARTS) is 1. The lowest BCUT2D eigenvalue weighted by molar-refractivity contribution is -0.174. The van der Waals surface area contributed by atoms with Crippen LogP contribution in [-0.4, -0.2) is 11.1 Å². The minimum absolute atomic E-state index is 0.163. The van der Waals surface area contributed by atoms with Crippen LogP contribution in [0.25, 0.3) is 0 Å². The number of hydrogen-bond donors (Lipinski definition) is 1. The lowest BCUT2D eigenvalue weighted by Gasteiger charge is -2.22. The van der Waals surface area contributed by atoms with E-state index in [4.69, 9.17) is 5.11 Å². The molecule has 0 fully saturated rings. The molecule has 0 saturated carbocycles. The van der Waals surface area contributed by atoms with E-state index in [0.29, 0.717) is 0 Å². The number of aromatic carboxylic acids is 1. The fourth-order valence-corrected chi connectivity index (χ4v) is 1.61. The zero-order valence-corrected chi connectivity index (χ0v) is 9.41. The Labute approximate surface area is 109 Å². The minimum atomic E-state index is -6.04. The van der Waals surface area contributed by atoms with Crippen LogP contribution in [0.15, 0.2) is 12.1 Å². The van der Waals surface area contributed by atoms with Gasteiger partial charge >= 0.3 is 24.5 Å². The smallest absolute Gasteiger partial charge is 0.417 e. The quantitative estimate of drug-likeness (QED) is 0.775. The van der Waals surface area contributed by atoms with Gasteiger partial charge in [-0.15, -0.1) is 0 Å². The van der Waals surface area contributed by atoms with Gasteiger partial charge < -0.3 is 5.11 Å². The molecule has 0 radical (unpaired) electrons. The minimum Gasteiger partial charge on any atom is -0.478 e. The number of carboxylic acids is 1. The van der Waals surface area contributed by atoms with Crippen LogP contribution in [0.1, 0.15) is 27.0 Å². The molecule has 11 heteroatoms. The maximum Gasteiger partial charge on any atom is 0.417 e. The summed E-state index contributed by atoms with van der Waals surface area (Å²) in [7, 11) is 0. The molecule has 0 bridgehead atoms. The van der Waals surface area contributed by atoms with Crippen molar-refractivity contribution in [2.75, 3.05) is 0 Å². The first kappa shape index (κ1) is 17.1. The molecule has 0 unspecified atom stereocenters. The van der Waals surface area contributed by atoms with Gasteiger partial charge in [0.25, 0.3) is 0 Å². The third-order valence-electron chi connectivity index (χ3n) is 2.31. The first-order chi connectivity index (χ1) is 9.17. The van der Waals surface area contributed by atoms with Crippen LogP contribution in [-0.2, 0) is 18.5 Å². The largest absolute Gasteiger partial charge is 0.478 e. The lowest BCUT2D eigenvalue weighted by Crippen LogP contribution is -2.25. The molecule has 21 heavy (non-hydrogen) atoms. The summed E-state index contributed by atoms with van der Waals surface area (Å²) < 4.78 is 113. The van der Waals surface area contributed by atoms with Crippen LogP contribution in [0.2, 0.25) is 0 Å². The summed E-state index contributed by atoms with van der Waals surface area (Å²) in [5.41, 5.74) is -10.5. The Balaban J connectivity index is 3.98. The molecule has 1 N–H and O–H groups in total. The Bertz CT molecular complexity index is 566. The van der Waals surface area contributed by atoms with E-state index in [0.717, 1.165) is 0 Å². The molecule has 0 spiro atoms. The molecule has 0 aliphatic rings. The maximum absolute atomic E-state index is 12.6. The molecule has 0 saturated heterocycles. The molecule has 0 amide bonds. The molecule has 0 heterocycles. The SMILES string of the molecule is O=C(O)c1ccc(C(F)(F)F)c(C(F)(F)F)c1C(F)(F)F. The first-order valence-electron chi connectivity index (χ1n) is 4.79. The third kappa shape index (κ3) is 3.39. The number of hydrogen-bond acceptors (Lipinski definition) is 1. The summed E-state index contributed by atoms with van der Waals surface area (Å²) in [6.45, 7) is 0. The zero-order valence-electron chi connectivity index (χ0n) is 9.41. The Morgan fingerprint density at radius 3 is 1.48 bits per heavy atom. The van der Waals surface area contributed by atoms with Gasteiger partial charge in [0, 0.05) is 0 Å². The van der Waals surface area contributed by atoms with Gasteiger partial charge in [-0.3, -0.25) is 0 Å². The van der Waals surface area contributed by atoms with Crippen LogP contribution in [0.4, 0.5) is 39.5 Å². The standard InChI is InChI=1S/C10H3F9O2/c11-8(12,13)4-2-1-3(7(20)21)5(9(14,15)16)6(4)10(17,18)19/h1-2H,(H,20,21). The summed E-state index contributed by atoms with van der Waals surface area (Å²) in [5.74, 6) is -2.43. The van der Waals surface area contributed by atoms with Crippen molar-refractivity contribution in [2.24, 2.45) is 0 Å². The summed E-state index contributed by atoms with van der Waals surface area (Å²) in [5, 5.41) is 8.46. The fourth-order valence-electron chi connectivity index (χ4n) is 1.61. The zero-order chi connectivity index (χ0) is 16.8. The number of rotatable bonds is 1. The Morgan fingerprint density at radius 2 is 1.19 bits per heavy atom. The van der Waals surface area contributed by atoms with E-state index < -0.39 is 46.8 Å². The summed E-state index contributed by atoms with van der Waals surface area (Å²) in [6.07, 6.45) is -17.7. The average molecular weight is 326 g/mol. The molecular weight excluding hydrogens is 323 g/mol. The summed E-state index contributed by atoms with van der Waals surface area (Å²) >= 11 is 0. The Kier molecular flexibility index (Phi) is 3.92. The highest BCUT2D eigenvalue weighted by Gasteiger charge is 2.51. The molecule has 0 aromatic heterocycles. The maximum atomic E-state index is 12.6. The van der Waals surface area contributed by atoms with Gasteiger partial charge in [0.15, 0.2) is 0 Å². The molecule has 1 aromatic carbocycles. The predicted molar refractivity (Wildman–Crippen MR) is 48.4 cm³/mol. The average Bonchev–Trinajstić information content (AvgIpc) is 2.23. The van der Waals surface area contributed by atoms with Gasteiger partial charge in [-0.2, -0.15) is 39.5 Å². The molecule has 1 aromatic rings. The second-order valence-corrected chi connectivity index (χ2v) is 3.71. The van der Waals surface area contributed by atoms with Crippen LogP contribution >= 0.6 is 0 Å². The topological polar surface area (TPSA) is 37.3 Å². The van der Waals surface area contributed by atoms with Crippen molar-refractivity contribution >= 4 is 5.97 Å². The van der Waals surface area contributed by atoms with Crippen molar-refractivity contribution in [2.45, 2.75) is 18.5 Å². The highest BCUT2D eigenvalue weighted by Crippen LogP contribution is 2.47. The number of benzene rings is 1. The van der Waals surface area contributed by atoms with E-state index in [-0.39, 0.29) is 12.1 Å². The summed E-state index contributed by atoms with van der Waals surface area (Å²) in [6, 6.07) is -0.509. The molecule has 0 atom stereocenters. The Morgan fingerprint density at radius 1 is 0.762 bits per heavy atom. The second-order valence-electron chi connectivity index (χ2n) is 3.71. The number of carbonyl (C=O) groups is 1. The van der Waals surface area contributed by atoms with Crippen LogP contribution in [0.5, 0.6) is 0 Å². The van der Waals surface area contributed by atoms with E-state index in [1.807, 2.05) is 0 Å². The van der Waals surface area contributed by atoms with Gasteiger partial charge in [0.1, 0.15) is 0 Å². The molecule has 0 aliphatic heterocycles. The fraction of sp³-hybridized carbons (Fsp3) is 0.300. The van der Waals surface area contributed by atoms with Gasteiger partial charge in [0.05, 0.1) is 22.3 Å². The normalized spacial score (nSPS) is 13.4. The van der Waals surface area contributed by atoms with E-state index in [9.17, 15) is 44.3 Å². The van der Waals surface area contributed by atoms with Crippen molar-refractivity contribution in [3.8, 4) is 0 Å². The predicted octanol–water partition coefficient (Wildman–Crippen LogP) is 4.44. The number of alkyl halides is 9. The van der Waals surface area contributed by atoms with Crippen molar-refractivity contribution < 1.29 is 49.4 Å². The van der Waals surface area contributed by atoms with Crippen LogP contribution < -0.4 is 0 Å².